The lowest BCUT2D eigenvalue weighted by atomic mass is 9.89. The van der Waals surface area contributed by atoms with Gasteiger partial charge in [0, 0.05) is 12.1 Å². The van der Waals surface area contributed by atoms with Crippen LogP contribution in [-0.4, -0.2) is 17.3 Å². The Morgan fingerprint density at radius 2 is 2.07 bits per heavy atom. The number of rotatable bonds is 1. The summed E-state index contributed by atoms with van der Waals surface area (Å²) >= 11 is 0. The van der Waals surface area contributed by atoms with Gasteiger partial charge in [0.25, 0.3) is 0 Å². The summed E-state index contributed by atoms with van der Waals surface area (Å²) in [6, 6.07) is 8.38. The fraction of sp³-hybridized carbons (Fsp3) is 0.500. The largest absolute Gasteiger partial charge is 0.391 e. The smallest absolute Gasteiger partial charge is 0.0784 e. The average Bonchev–Trinajstić information content (AvgIpc) is 2.16. The summed E-state index contributed by atoms with van der Waals surface area (Å²) in [5, 5.41) is 13.3. The fourth-order valence-electron chi connectivity index (χ4n) is 2.08. The van der Waals surface area contributed by atoms with Crippen molar-refractivity contribution in [1.82, 2.24) is 0 Å². The van der Waals surface area contributed by atoms with Crippen LogP contribution in [-0.2, 0) is 6.42 Å². The maximum atomic E-state index is 9.92. The number of hydrogen-bond acceptors (Lipinski definition) is 2. The summed E-state index contributed by atoms with van der Waals surface area (Å²) in [5.74, 6) is 0.457. The van der Waals surface area contributed by atoms with Crippen molar-refractivity contribution in [3.05, 3.63) is 29.8 Å². The molecule has 0 amide bonds. The molecule has 1 aromatic rings. The molecular weight excluding hydrogens is 174 g/mol. The molecule has 14 heavy (non-hydrogen) atoms. The Bertz CT molecular complexity index is 322. The molecule has 0 fully saturated rings. The zero-order valence-electron chi connectivity index (χ0n) is 8.70. The summed E-state index contributed by atoms with van der Waals surface area (Å²) in [7, 11) is 0. The lowest BCUT2D eigenvalue weighted by Crippen LogP contribution is -2.42. The predicted octanol–water partition coefficient (Wildman–Crippen LogP) is 2.04. The van der Waals surface area contributed by atoms with Crippen molar-refractivity contribution in [3.63, 3.8) is 0 Å². The van der Waals surface area contributed by atoms with Crippen molar-refractivity contribution < 1.29 is 5.11 Å². The van der Waals surface area contributed by atoms with Crippen molar-refractivity contribution in [2.24, 2.45) is 5.92 Å². The molecule has 2 atom stereocenters. The fourth-order valence-corrected chi connectivity index (χ4v) is 2.08. The molecule has 0 unspecified atom stereocenters. The molecule has 2 rings (SSSR count). The molecule has 0 spiro atoms. The number of aliphatic hydroxyl groups is 1. The van der Waals surface area contributed by atoms with Gasteiger partial charge >= 0.3 is 0 Å². The molecule has 1 aliphatic rings. The first-order valence-corrected chi connectivity index (χ1v) is 5.21. The van der Waals surface area contributed by atoms with Crippen LogP contribution in [0.25, 0.3) is 0 Å². The highest BCUT2D eigenvalue weighted by Crippen LogP contribution is 2.27. The molecule has 1 heterocycles. The predicted molar refractivity (Wildman–Crippen MR) is 58.4 cm³/mol. The van der Waals surface area contributed by atoms with Crippen LogP contribution in [0.5, 0.6) is 0 Å². The zero-order valence-corrected chi connectivity index (χ0v) is 8.70. The second-order valence-electron chi connectivity index (χ2n) is 4.34. The number of aliphatic hydroxyl groups excluding tert-OH is 1. The third-order valence-corrected chi connectivity index (χ3v) is 2.90. The molecule has 2 nitrogen and oxygen atoms in total. The van der Waals surface area contributed by atoms with Crippen molar-refractivity contribution in [3.8, 4) is 0 Å². The quantitative estimate of drug-likeness (QED) is 0.712. The molecular formula is C12H17NO. The van der Waals surface area contributed by atoms with E-state index in [1.165, 1.54) is 11.3 Å². The molecule has 1 aromatic carbocycles. The average molecular weight is 191 g/mol. The van der Waals surface area contributed by atoms with E-state index in [0.29, 0.717) is 5.92 Å². The van der Waals surface area contributed by atoms with Crippen LogP contribution >= 0.6 is 0 Å². The van der Waals surface area contributed by atoms with E-state index in [0.717, 1.165) is 6.42 Å². The second kappa shape index (κ2) is 3.62. The minimum atomic E-state index is -0.259. The normalized spacial score (nSPS) is 25.7. The summed E-state index contributed by atoms with van der Waals surface area (Å²) in [5.41, 5.74) is 2.40. The lowest BCUT2D eigenvalue weighted by molar-refractivity contribution is 0.129. The second-order valence-corrected chi connectivity index (χ2v) is 4.34. The van der Waals surface area contributed by atoms with E-state index in [1.807, 2.05) is 12.1 Å². The molecule has 0 bridgehead atoms. The minimum Gasteiger partial charge on any atom is -0.391 e. The molecule has 0 radical (unpaired) electrons. The van der Waals surface area contributed by atoms with Gasteiger partial charge in [-0.3, -0.25) is 0 Å². The number of fused-ring (bicyclic) bond motifs is 1. The van der Waals surface area contributed by atoms with Crippen LogP contribution in [0.2, 0.25) is 0 Å². The molecule has 0 saturated heterocycles. The molecule has 76 valence electrons. The molecule has 0 saturated carbocycles. The van der Waals surface area contributed by atoms with E-state index < -0.39 is 0 Å². The van der Waals surface area contributed by atoms with Gasteiger partial charge in [0.05, 0.1) is 12.1 Å². The minimum absolute atomic E-state index is 0.185. The van der Waals surface area contributed by atoms with Gasteiger partial charge in [-0.25, -0.2) is 0 Å². The Kier molecular flexibility index (Phi) is 2.46. The summed E-state index contributed by atoms with van der Waals surface area (Å²) in [4.78, 5) is 0. The van der Waals surface area contributed by atoms with E-state index in [1.54, 1.807) is 0 Å². The van der Waals surface area contributed by atoms with Gasteiger partial charge in [-0.15, -0.1) is 0 Å². The van der Waals surface area contributed by atoms with Crippen LogP contribution < -0.4 is 5.32 Å². The van der Waals surface area contributed by atoms with Gasteiger partial charge in [0.1, 0.15) is 0 Å². The number of para-hydroxylation sites is 1. The standard InChI is InChI=1S/C12H17NO/c1-8(2)12-11(14)7-9-5-3-4-6-10(9)13-12/h3-6,8,11-14H,7H2,1-2H3/t11-,12+/m0/s1. The lowest BCUT2D eigenvalue weighted by Gasteiger charge is -2.34. The monoisotopic (exact) mass is 191 g/mol. The van der Waals surface area contributed by atoms with Gasteiger partial charge in [0.2, 0.25) is 0 Å². The topological polar surface area (TPSA) is 32.3 Å². The highest BCUT2D eigenvalue weighted by atomic mass is 16.3. The van der Waals surface area contributed by atoms with Crippen LogP contribution in [0.1, 0.15) is 19.4 Å². The SMILES string of the molecule is CC(C)[C@H]1Nc2ccccc2C[C@@H]1O. The number of nitrogens with one attached hydrogen (secondary N) is 1. The molecule has 0 aliphatic carbocycles. The van der Waals surface area contributed by atoms with Gasteiger partial charge in [-0.05, 0) is 17.5 Å². The Morgan fingerprint density at radius 3 is 2.79 bits per heavy atom. The zero-order chi connectivity index (χ0) is 10.1. The first kappa shape index (κ1) is 9.53. The van der Waals surface area contributed by atoms with Crippen LogP contribution in [0, 0.1) is 5.92 Å². The number of anilines is 1. The van der Waals surface area contributed by atoms with Gasteiger partial charge in [0.15, 0.2) is 0 Å². The Hall–Kier alpha value is -1.02. The maximum absolute atomic E-state index is 9.92. The highest BCUT2D eigenvalue weighted by molar-refractivity contribution is 5.54. The van der Waals surface area contributed by atoms with E-state index in [2.05, 4.69) is 31.3 Å². The number of hydrogen-bond donors (Lipinski definition) is 2. The molecule has 0 aromatic heterocycles. The van der Waals surface area contributed by atoms with E-state index in [-0.39, 0.29) is 12.1 Å². The van der Waals surface area contributed by atoms with Crippen molar-refractivity contribution in [1.29, 1.82) is 0 Å². The van der Waals surface area contributed by atoms with Crippen molar-refractivity contribution in [2.75, 3.05) is 5.32 Å². The third kappa shape index (κ3) is 1.62. The van der Waals surface area contributed by atoms with Crippen LogP contribution in [0.15, 0.2) is 24.3 Å². The molecule has 1 aliphatic heterocycles. The van der Waals surface area contributed by atoms with E-state index >= 15 is 0 Å². The Morgan fingerprint density at radius 1 is 1.36 bits per heavy atom. The van der Waals surface area contributed by atoms with Crippen molar-refractivity contribution >= 4 is 5.69 Å². The summed E-state index contributed by atoms with van der Waals surface area (Å²) in [6.45, 7) is 4.27. The number of benzene rings is 1. The maximum Gasteiger partial charge on any atom is 0.0784 e. The summed E-state index contributed by atoms with van der Waals surface area (Å²) in [6.07, 6.45) is 0.511. The van der Waals surface area contributed by atoms with Gasteiger partial charge in [-0.2, -0.15) is 0 Å². The van der Waals surface area contributed by atoms with Crippen LogP contribution in [0.4, 0.5) is 5.69 Å². The van der Waals surface area contributed by atoms with E-state index in [9.17, 15) is 5.11 Å². The first-order valence-electron chi connectivity index (χ1n) is 5.21. The Labute approximate surface area is 85.0 Å². The van der Waals surface area contributed by atoms with Crippen LogP contribution in [0.3, 0.4) is 0 Å². The van der Waals surface area contributed by atoms with Gasteiger partial charge in [-0.1, -0.05) is 32.0 Å². The first-order chi connectivity index (χ1) is 6.68. The molecule has 2 N–H and O–H groups in total. The van der Waals surface area contributed by atoms with Crippen molar-refractivity contribution in [2.45, 2.75) is 32.4 Å². The highest BCUT2D eigenvalue weighted by Gasteiger charge is 2.27. The van der Waals surface area contributed by atoms with E-state index in [4.69, 9.17) is 0 Å². The van der Waals surface area contributed by atoms with Gasteiger partial charge < -0.3 is 10.4 Å². The molecule has 2 heteroatoms. The Balaban J connectivity index is 2.27. The summed E-state index contributed by atoms with van der Waals surface area (Å²) < 4.78 is 0. The third-order valence-electron chi connectivity index (χ3n) is 2.90.